The molecule has 1 heterocycles. The van der Waals surface area contributed by atoms with Crippen LogP contribution in [0.25, 0.3) is 0 Å². The van der Waals surface area contributed by atoms with Crippen molar-refractivity contribution in [3.63, 3.8) is 0 Å². The second-order valence-corrected chi connectivity index (χ2v) is 5.00. The van der Waals surface area contributed by atoms with Crippen LogP contribution >= 0.6 is 0 Å². The van der Waals surface area contributed by atoms with Crippen molar-refractivity contribution in [2.45, 2.75) is 32.3 Å². The maximum atomic E-state index is 5.80. The predicted octanol–water partition coefficient (Wildman–Crippen LogP) is 0.768. The van der Waals surface area contributed by atoms with Gasteiger partial charge in [-0.05, 0) is 39.5 Å². The molecule has 0 aromatic carbocycles. The Kier molecular flexibility index (Phi) is 7.77. The Morgan fingerprint density at radius 2 is 2.18 bits per heavy atom. The summed E-state index contributed by atoms with van der Waals surface area (Å²) >= 11 is 0. The van der Waals surface area contributed by atoms with Gasteiger partial charge in [-0.2, -0.15) is 0 Å². The zero-order valence-electron chi connectivity index (χ0n) is 11.5. The number of likely N-dealkylation sites (N-methyl/N-ethyl adjacent to an activating group) is 2. The Morgan fingerprint density at radius 3 is 2.88 bits per heavy atom. The van der Waals surface area contributed by atoms with E-state index in [1.165, 1.54) is 12.8 Å². The smallest absolute Gasteiger partial charge is 0.0829 e. The van der Waals surface area contributed by atoms with Crippen molar-refractivity contribution < 1.29 is 4.74 Å². The molecule has 17 heavy (non-hydrogen) atoms. The summed E-state index contributed by atoms with van der Waals surface area (Å²) in [4.78, 5) is 4.86. The van der Waals surface area contributed by atoms with E-state index in [1.54, 1.807) is 0 Å². The normalized spacial score (nSPS) is 22.2. The number of hydrogen-bond donors (Lipinski definition) is 1. The van der Waals surface area contributed by atoms with Gasteiger partial charge in [-0.3, -0.25) is 4.90 Å². The summed E-state index contributed by atoms with van der Waals surface area (Å²) in [5.74, 6) is 0. The third-order valence-electron chi connectivity index (χ3n) is 3.43. The lowest BCUT2D eigenvalue weighted by atomic mass is 10.2. The molecule has 0 aromatic rings. The summed E-state index contributed by atoms with van der Waals surface area (Å²) in [5, 5.41) is 0. The predicted molar refractivity (Wildman–Crippen MR) is 72.3 cm³/mol. The summed E-state index contributed by atoms with van der Waals surface area (Å²) < 4.78 is 5.80. The molecule has 0 saturated carbocycles. The van der Waals surface area contributed by atoms with Crippen molar-refractivity contribution in [2.75, 3.05) is 52.9 Å². The molecule has 1 atom stereocenters. The first-order valence-electron chi connectivity index (χ1n) is 6.98. The van der Waals surface area contributed by atoms with Gasteiger partial charge >= 0.3 is 0 Å². The lowest BCUT2D eigenvalue weighted by molar-refractivity contribution is -0.0389. The second kappa shape index (κ2) is 8.86. The number of unbranched alkanes of at least 4 members (excludes halogenated alkanes) is 2. The van der Waals surface area contributed by atoms with Gasteiger partial charge in [0.25, 0.3) is 0 Å². The van der Waals surface area contributed by atoms with Gasteiger partial charge in [0.2, 0.25) is 0 Å². The molecule has 0 bridgehead atoms. The van der Waals surface area contributed by atoms with Gasteiger partial charge in [0.1, 0.15) is 0 Å². The zero-order chi connectivity index (χ0) is 12.5. The van der Waals surface area contributed by atoms with Crippen LogP contribution in [0.2, 0.25) is 0 Å². The van der Waals surface area contributed by atoms with Crippen molar-refractivity contribution in [3.05, 3.63) is 0 Å². The highest BCUT2D eigenvalue weighted by Gasteiger charge is 2.20. The number of morpholine rings is 1. The second-order valence-electron chi connectivity index (χ2n) is 5.00. The summed E-state index contributed by atoms with van der Waals surface area (Å²) in [6.07, 6.45) is 4.03. The van der Waals surface area contributed by atoms with E-state index >= 15 is 0 Å². The van der Waals surface area contributed by atoms with Crippen LogP contribution in [-0.4, -0.2) is 68.8 Å². The van der Waals surface area contributed by atoms with Crippen molar-refractivity contribution in [1.29, 1.82) is 0 Å². The van der Waals surface area contributed by atoms with Gasteiger partial charge in [-0.25, -0.2) is 0 Å². The monoisotopic (exact) mass is 243 g/mol. The zero-order valence-corrected chi connectivity index (χ0v) is 11.5. The molecule has 4 heteroatoms. The number of hydrogen-bond acceptors (Lipinski definition) is 4. The van der Waals surface area contributed by atoms with Gasteiger partial charge < -0.3 is 15.4 Å². The highest BCUT2D eigenvalue weighted by Crippen LogP contribution is 2.06. The van der Waals surface area contributed by atoms with Gasteiger partial charge in [0, 0.05) is 19.6 Å². The summed E-state index contributed by atoms with van der Waals surface area (Å²) in [5.41, 5.74) is 5.49. The average Bonchev–Trinajstić information content (AvgIpc) is 2.35. The van der Waals surface area contributed by atoms with E-state index in [9.17, 15) is 0 Å². The molecule has 0 spiro atoms. The van der Waals surface area contributed by atoms with Crippen LogP contribution in [0.1, 0.15) is 26.2 Å². The Morgan fingerprint density at radius 1 is 1.35 bits per heavy atom. The molecule has 102 valence electrons. The summed E-state index contributed by atoms with van der Waals surface area (Å²) in [6, 6.07) is 0. The van der Waals surface area contributed by atoms with Gasteiger partial charge in [-0.15, -0.1) is 0 Å². The minimum absolute atomic E-state index is 0.392. The third kappa shape index (κ3) is 6.36. The molecule has 0 radical (unpaired) electrons. The molecule has 0 aliphatic carbocycles. The van der Waals surface area contributed by atoms with Gasteiger partial charge in [0.15, 0.2) is 0 Å². The molecule has 0 aromatic heterocycles. The number of rotatable bonds is 8. The minimum Gasteiger partial charge on any atom is -0.374 e. The average molecular weight is 243 g/mol. The molecule has 1 aliphatic heterocycles. The van der Waals surface area contributed by atoms with Crippen LogP contribution in [0.3, 0.4) is 0 Å². The molecule has 1 fully saturated rings. The molecular weight excluding hydrogens is 214 g/mol. The van der Waals surface area contributed by atoms with Crippen LogP contribution in [0.5, 0.6) is 0 Å². The standard InChI is InChI=1S/C13H29N3O/c1-3-16-9-10-17-13(12-16)11-15(2)8-6-4-5-7-14/h13H,3-12,14H2,1-2H3. The van der Waals surface area contributed by atoms with Crippen LogP contribution in [-0.2, 0) is 4.74 Å². The van der Waals surface area contributed by atoms with Crippen molar-refractivity contribution in [3.8, 4) is 0 Å². The van der Waals surface area contributed by atoms with E-state index in [0.717, 1.165) is 52.3 Å². The number of nitrogens with two attached hydrogens (primary N) is 1. The fraction of sp³-hybridized carbons (Fsp3) is 1.00. The van der Waals surface area contributed by atoms with E-state index in [2.05, 4.69) is 23.8 Å². The van der Waals surface area contributed by atoms with E-state index in [-0.39, 0.29) is 0 Å². The Balaban J connectivity index is 2.10. The van der Waals surface area contributed by atoms with E-state index in [0.29, 0.717) is 6.10 Å². The van der Waals surface area contributed by atoms with Crippen molar-refractivity contribution >= 4 is 0 Å². The SMILES string of the molecule is CCN1CCOC(CN(C)CCCCCN)C1. The van der Waals surface area contributed by atoms with Gasteiger partial charge in [0.05, 0.1) is 12.7 Å². The molecule has 1 aliphatic rings. The Labute approximate surface area is 106 Å². The molecule has 1 unspecified atom stereocenters. The highest BCUT2D eigenvalue weighted by atomic mass is 16.5. The maximum absolute atomic E-state index is 5.80. The fourth-order valence-electron chi connectivity index (χ4n) is 2.32. The molecule has 1 saturated heterocycles. The van der Waals surface area contributed by atoms with E-state index in [4.69, 9.17) is 10.5 Å². The van der Waals surface area contributed by atoms with E-state index < -0.39 is 0 Å². The number of ether oxygens (including phenoxy) is 1. The molecule has 1 rings (SSSR count). The molecule has 2 N–H and O–H groups in total. The Bertz CT molecular complexity index is 190. The summed E-state index contributed by atoms with van der Waals surface area (Å²) in [7, 11) is 2.19. The first-order chi connectivity index (χ1) is 8.26. The Hall–Kier alpha value is -0.160. The molecular formula is C13H29N3O. The maximum Gasteiger partial charge on any atom is 0.0829 e. The lowest BCUT2D eigenvalue weighted by Gasteiger charge is -2.34. The largest absolute Gasteiger partial charge is 0.374 e. The van der Waals surface area contributed by atoms with Crippen molar-refractivity contribution in [1.82, 2.24) is 9.80 Å². The van der Waals surface area contributed by atoms with Crippen LogP contribution in [0.15, 0.2) is 0 Å². The summed E-state index contributed by atoms with van der Waals surface area (Å²) in [6.45, 7) is 9.46. The number of nitrogens with zero attached hydrogens (tertiary/aromatic N) is 2. The quantitative estimate of drug-likeness (QED) is 0.639. The molecule has 4 nitrogen and oxygen atoms in total. The first-order valence-corrected chi connectivity index (χ1v) is 6.98. The van der Waals surface area contributed by atoms with Crippen LogP contribution < -0.4 is 5.73 Å². The minimum atomic E-state index is 0.392. The lowest BCUT2D eigenvalue weighted by Crippen LogP contribution is -2.46. The fourth-order valence-corrected chi connectivity index (χ4v) is 2.32. The van der Waals surface area contributed by atoms with Crippen LogP contribution in [0.4, 0.5) is 0 Å². The van der Waals surface area contributed by atoms with Crippen LogP contribution in [0, 0.1) is 0 Å². The third-order valence-corrected chi connectivity index (χ3v) is 3.43. The molecule has 0 amide bonds. The topological polar surface area (TPSA) is 41.7 Å². The highest BCUT2D eigenvalue weighted by molar-refractivity contribution is 4.73. The van der Waals surface area contributed by atoms with Crippen molar-refractivity contribution in [2.24, 2.45) is 5.73 Å². The van der Waals surface area contributed by atoms with Gasteiger partial charge in [-0.1, -0.05) is 13.3 Å². The van der Waals surface area contributed by atoms with E-state index in [1.807, 2.05) is 0 Å². The first kappa shape index (κ1) is 14.9.